The summed E-state index contributed by atoms with van der Waals surface area (Å²) >= 11 is 0. The van der Waals surface area contributed by atoms with Crippen molar-refractivity contribution in [2.24, 2.45) is 5.41 Å². The van der Waals surface area contributed by atoms with Crippen molar-refractivity contribution in [1.29, 1.82) is 0 Å². The standard InChI is InChI=1S/C16H21NO3/c1-3-16(9-10-17(2)14(18)11-16)15(19)20-12-13-7-5-4-6-8-13/h4-8H,3,9-12H2,1-2H3. The Morgan fingerprint density at radius 3 is 2.65 bits per heavy atom. The number of ether oxygens (including phenoxy) is 1. The highest BCUT2D eigenvalue weighted by Crippen LogP contribution is 2.36. The van der Waals surface area contributed by atoms with Crippen molar-refractivity contribution in [2.45, 2.75) is 32.8 Å². The molecule has 0 spiro atoms. The summed E-state index contributed by atoms with van der Waals surface area (Å²) in [6.07, 6.45) is 1.58. The fourth-order valence-electron chi connectivity index (χ4n) is 2.52. The van der Waals surface area contributed by atoms with Crippen LogP contribution in [0.25, 0.3) is 0 Å². The van der Waals surface area contributed by atoms with Gasteiger partial charge >= 0.3 is 5.97 Å². The maximum atomic E-state index is 12.4. The predicted molar refractivity (Wildman–Crippen MR) is 75.8 cm³/mol. The number of amides is 1. The molecule has 1 heterocycles. The summed E-state index contributed by atoms with van der Waals surface area (Å²) in [5.74, 6) is -0.222. The van der Waals surface area contributed by atoms with Gasteiger partial charge in [0.05, 0.1) is 5.41 Å². The summed E-state index contributed by atoms with van der Waals surface area (Å²) in [7, 11) is 1.78. The zero-order valence-corrected chi connectivity index (χ0v) is 12.1. The van der Waals surface area contributed by atoms with Crippen molar-refractivity contribution in [3.63, 3.8) is 0 Å². The molecule has 1 unspecified atom stereocenters. The second kappa shape index (κ2) is 6.07. The van der Waals surface area contributed by atoms with Gasteiger partial charge < -0.3 is 9.64 Å². The average molecular weight is 275 g/mol. The van der Waals surface area contributed by atoms with Gasteiger partial charge in [0.25, 0.3) is 0 Å². The summed E-state index contributed by atoms with van der Waals surface area (Å²) in [6, 6.07) is 9.60. The van der Waals surface area contributed by atoms with Crippen LogP contribution in [-0.4, -0.2) is 30.4 Å². The molecular weight excluding hydrogens is 254 g/mol. The number of hydrogen-bond donors (Lipinski definition) is 0. The quantitative estimate of drug-likeness (QED) is 0.793. The first-order chi connectivity index (χ1) is 9.57. The molecule has 1 fully saturated rings. The maximum absolute atomic E-state index is 12.4. The minimum Gasteiger partial charge on any atom is -0.460 e. The molecular formula is C16H21NO3. The summed E-state index contributed by atoms with van der Waals surface area (Å²) in [6.45, 7) is 2.83. The molecule has 1 aromatic carbocycles. The molecule has 1 aliphatic heterocycles. The van der Waals surface area contributed by atoms with Crippen LogP contribution in [0.4, 0.5) is 0 Å². The highest BCUT2D eigenvalue weighted by Gasteiger charge is 2.44. The third-order valence-electron chi connectivity index (χ3n) is 4.16. The number of piperidine rings is 1. The van der Waals surface area contributed by atoms with Crippen LogP contribution >= 0.6 is 0 Å². The zero-order valence-electron chi connectivity index (χ0n) is 12.1. The van der Waals surface area contributed by atoms with Gasteiger partial charge in [-0.1, -0.05) is 37.3 Å². The first kappa shape index (κ1) is 14.6. The summed E-state index contributed by atoms with van der Waals surface area (Å²) in [5, 5.41) is 0. The van der Waals surface area contributed by atoms with Crippen molar-refractivity contribution >= 4 is 11.9 Å². The van der Waals surface area contributed by atoms with Crippen molar-refractivity contribution in [2.75, 3.05) is 13.6 Å². The molecule has 1 aliphatic rings. The molecule has 2 rings (SSSR count). The topological polar surface area (TPSA) is 46.6 Å². The highest BCUT2D eigenvalue weighted by molar-refractivity contribution is 5.87. The molecule has 4 nitrogen and oxygen atoms in total. The smallest absolute Gasteiger partial charge is 0.312 e. The third-order valence-corrected chi connectivity index (χ3v) is 4.16. The molecule has 0 aliphatic carbocycles. The molecule has 0 saturated carbocycles. The van der Waals surface area contributed by atoms with Gasteiger partial charge in [-0.2, -0.15) is 0 Å². The molecule has 0 aromatic heterocycles. The molecule has 0 radical (unpaired) electrons. The summed E-state index contributed by atoms with van der Waals surface area (Å²) < 4.78 is 5.44. The molecule has 1 saturated heterocycles. The van der Waals surface area contributed by atoms with Crippen LogP contribution in [0, 0.1) is 5.41 Å². The maximum Gasteiger partial charge on any atom is 0.312 e. The van der Waals surface area contributed by atoms with Crippen molar-refractivity contribution in [3.8, 4) is 0 Å². The van der Waals surface area contributed by atoms with E-state index >= 15 is 0 Å². The Balaban J connectivity index is 2.01. The van der Waals surface area contributed by atoms with E-state index in [4.69, 9.17) is 4.74 Å². The average Bonchev–Trinajstić information content (AvgIpc) is 2.49. The number of esters is 1. The van der Waals surface area contributed by atoms with Crippen molar-refractivity contribution in [3.05, 3.63) is 35.9 Å². The number of nitrogens with zero attached hydrogens (tertiary/aromatic N) is 1. The normalized spacial score (nSPS) is 22.7. The van der Waals surface area contributed by atoms with Gasteiger partial charge in [0.15, 0.2) is 0 Å². The lowest BCUT2D eigenvalue weighted by molar-refractivity contribution is -0.165. The first-order valence-corrected chi connectivity index (χ1v) is 7.02. The van der Waals surface area contributed by atoms with E-state index in [-0.39, 0.29) is 24.9 Å². The Bertz CT molecular complexity index is 486. The SMILES string of the molecule is CCC1(C(=O)OCc2ccccc2)CCN(C)C(=O)C1. The number of carbonyl (C=O) groups excluding carboxylic acids is 2. The van der Waals surface area contributed by atoms with Gasteiger partial charge in [-0.05, 0) is 18.4 Å². The van der Waals surface area contributed by atoms with E-state index in [9.17, 15) is 9.59 Å². The third kappa shape index (κ3) is 3.00. The molecule has 1 aromatic rings. The van der Waals surface area contributed by atoms with Gasteiger partial charge in [0.1, 0.15) is 6.61 Å². The van der Waals surface area contributed by atoms with E-state index in [1.807, 2.05) is 37.3 Å². The van der Waals surface area contributed by atoms with Crippen LogP contribution in [0.5, 0.6) is 0 Å². The Labute approximate surface area is 119 Å². The largest absolute Gasteiger partial charge is 0.460 e. The summed E-state index contributed by atoms with van der Waals surface area (Å²) in [5.41, 5.74) is 0.324. The Morgan fingerprint density at radius 2 is 2.05 bits per heavy atom. The molecule has 1 atom stereocenters. The Hall–Kier alpha value is -1.84. The van der Waals surface area contributed by atoms with Gasteiger partial charge in [-0.15, -0.1) is 0 Å². The molecule has 0 N–H and O–H groups in total. The molecule has 4 heteroatoms. The minimum atomic E-state index is -0.641. The Kier molecular flexibility index (Phi) is 4.42. The van der Waals surface area contributed by atoms with Crippen LogP contribution in [0.3, 0.4) is 0 Å². The van der Waals surface area contributed by atoms with E-state index in [0.29, 0.717) is 19.4 Å². The number of hydrogen-bond acceptors (Lipinski definition) is 3. The fourth-order valence-corrected chi connectivity index (χ4v) is 2.52. The van der Waals surface area contributed by atoms with Crippen LogP contribution in [0.15, 0.2) is 30.3 Å². The molecule has 1 amide bonds. The molecule has 0 bridgehead atoms. The Morgan fingerprint density at radius 1 is 1.35 bits per heavy atom. The van der Waals surface area contributed by atoms with Gasteiger partial charge in [0, 0.05) is 20.0 Å². The van der Waals surface area contributed by atoms with Crippen molar-refractivity contribution < 1.29 is 14.3 Å². The van der Waals surface area contributed by atoms with Gasteiger partial charge in [0.2, 0.25) is 5.91 Å². The fraction of sp³-hybridized carbons (Fsp3) is 0.500. The lowest BCUT2D eigenvalue weighted by Gasteiger charge is -2.37. The van der Waals surface area contributed by atoms with E-state index in [1.165, 1.54) is 0 Å². The zero-order chi connectivity index (χ0) is 14.6. The van der Waals surface area contributed by atoms with E-state index in [0.717, 1.165) is 5.56 Å². The number of carbonyl (C=O) groups is 2. The lowest BCUT2D eigenvalue weighted by Crippen LogP contribution is -2.46. The summed E-state index contributed by atoms with van der Waals surface area (Å²) in [4.78, 5) is 25.9. The lowest BCUT2D eigenvalue weighted by atomic mass is 9.76. The first-order valence-electron chi connectivity index (χ1n) is 7.02. The van der Waals surface area contributed by atoms with Gasteiger partial charge in [-0.3, -0.25) is 9.59 Å². The second-order valence-corrected chi connectivity index (χ2v) is 5.44. The number of likely N-dealkylation sites (tertiary alicyclic amines) is 1. The number of benzene rings is 1. The molecule has 108 valence electrons. The van der Waals surface area contributed by atoms with Crippen LogP contribution in [-0.2, 0) is 20.9 Å². The van der Waals surface area contributed by atoms with Gasteiger partial charge in [-0.25, -0.2) is 0 Å². The van der Waals surface area contributed by atoms with Crippen LogP contribution < -0.4 is 0 Å². The predicted octanol–water partition coefficient (Wildman–Crippen LogP) is 2.38. The second-order valence-electron chi connectivity index (χ2n) is 5.44. The van der Waals surface area contributed by atoms with Crippen LogP contribution in [0.2, 0.25) is 0 Å². The van der Waals surface area contributed by atoms with E-state index < -0.39 is 5.41 Å². The highest BCUT2D eigenvalue weighted by atomic mass is 16.5. The van der Waals surface area contributed by atoms with E-state index in [2.05, 4.69) is 0 Å². The van der Waals surface area contributed by atoms with Crippen LogP contribution in [0.1, 0.15) is 31.7 Å². The number of rotatable bonds is 4. The van der Waals surface area contributed by atoms with Crippen molar-refractivity contribution in [1.82, 2.24) is 4.90 Å². The minimum absolute atomic E-state index is 0.0229. The van der Waals surface area contributed by atoms with E-state index in [1.54, 1.807) is 11.9 Å². The molecule has 20 heavy (non-hydrogen) atoms. The monoisotopic (exact) mass is 275 g/mol.